The molecular weight excluding hydrogens is 218 g/mol. The summed E-state index contributed by atoms with van der Waals surface area (Å²) in [7, 11) is 0. The van der Waals surface area contributed by atoms with Gasteiger partial charge in [0.15, 0.2) is 11.5 Å². The highest BCUT2D eigenvalue weighted by molar-refractivity contribution is 5.44. The van der Waals surface area contributed by atoms with Crippen LogP contribution >= 0.6 is 0 Å². The average Bonchev–Trinajstić information content (AvgIpc) is 2.94. The number of aliphatic hydroxyl groups is 1. The molecule has 1 aromatic carbocycles. The number of ether oxygens (including phenoxy) is 2. The van der Waals surface area contributed by atoms with Crippen molar-refractivity contribution >= 4 is 0 Å². The topological polar surface area (TPSA) is 50.7 Å². The number of rotatable bonds is 3. The Bertz CT molecular complexity index is 408. The highest BCUT2D eigenvalue weighted by Crippen LogP contribution is 2.32. The predicted octanol–water partition coefficient (Wildman–Crippen LogP) is 1.42. The maximum Gasteiger partial charge on any atom is 0.231 e. The predicted molar refractivity (Wildman–Crippen MR) is 63.1 cm³/mol. The average molecular weight is 235 g/mol. The molecule has 1 aliphatic heterocycles. The van der Waals surface area contributed by atoms with Gasteiger partial charge in [-0.25, -0.2) is 0 Å². The summed E-state index contributed by atoms with van der Waals surface area (Å²) in [6, 6.07) is 6.20. The monoisotopic (exact) mass is 235 g/mol. The van der Waals surface area contributed by atoms with E-state index in [1.54, 1.807) is 0 Å². The molecule has 2 atom stereocenters. The molecule has 1 saturated carbocycles. The van der Waals surface area contributed by atoms with Gasteiger partial charge in [-0.15, -0.1) is 0 Å². The molecular formula is C13H17NO3. The third-order valence-corrected chi connectivity index (χ3v) is 3.48. The van der Waals surface area contributed by atoms with E-state index in [0.29, 0.717) is 6.79 Å². The smallest absolute Gasteiger partial charge is 0.231 e. The minimum Gasteiger partial charge on any atom is -0.454 e. The highest BCUT2D eigenvalue weighted by Gasteiger charge is 2.24. The Morgan fingerprint density at radius 2 is 2.12 bits per heavy atom. The molecule has 2 unspecified atom stereocenters. The van der Waals surface area contributed by atoms with Crippen molar-refractivity contribution in [3.05, 3.63) is 23.8 Å². The first-order valence-corrected chi connectivity index (χ1v) is 6.13. The normalized spacial score (nSPS) is 26.4. The van der Waals surface area contributed by atoms with Crippen LogP contribution in [0.25, 0.3) is 0 Å². The maximum atomic E-state index is 9.71. The lowest BCUT2D eigenvalue weighted by atomic mass is 10.1. The summed E-state index contributed by atoms with van der Waals surface area (Å²) in [5.74, 6) is 1.63. The largest absolute Gasteiger partial charge is 0.454 e. The van der Waals surface area contributed by atoms with E-state index >= 15 is 0 Å². The van der Waals surface area contributed by atoms with Gasteiger partial charge < -0.3 is 19.9 Å². The molecule has 17 heavy (non-hydrogen) atoms. The molecule has 1 fully saturated rings. The number of hydrogen-bond donors (Lipinski definition) is 2. The first-order chi connectivity index (χ1) is 8.33. The molecule has 0 aromatic heterocycles. The molecule has 1 aliphatic carbocycles. The molecule has 2 N–H and O–H groups in total. The van der Waals surface area contributed by atoms with Crippen molar-refractivity contribution in [1.29, 1.82) is 0 Å². The van der Waals surface area contributed by atoms with Crippen LogP contribution in [0.15, 0.2) is 18.2 Å². The molecule has 4 nitrogen and oxygen atoms in total. The van der Waals surface area contributed by atoms with Gasteiger partial charge in [-0.05, 0) is 37.0 Å². The molecule has 0 bridgehead atoms. The zero-order valence-corrected chi connectivity index (χ0v) is 9.69. The fourth-order valence-electron chi connectivity index (χ4n) is 2.48. The molecule has 0 radical (unpaired) electrons. The van der Waals surface area contributed by atoms with Crippen LogP contribution < -0.4 is 14.8 Å². The third-order valence-electron chi connectivity index (χ3n) is 3.48. The number of hydrogen-bond acceptors (Lipinski definition) is 4. The lowest BCUT2D eigenvalue weighted by molar-refractivity contribution is 0.148. The molecule has 0 saturated heterocycles. The van der Waals surface area contributed by atoms with E-state index in [1.807, 2.05) is 18.2 Å². The Labute approximate surface area is 101 Å². The van der Waals surface area contributed by atoms with Crippen molar-refractivity contribution < 1.29 is 14.6 Å². The van der Waals surface area contributed by atoms with Gasteiger partial charge in [0, 0.05) is 12.6 Å². The van der Waals surface area contributed by atoms with E-state index in [0.717, 1.165) is 42.9 Å². The van der Waals surface area contributed by atoms with Crippen LogP contribution in [0.2, 0.25) is 0 Å². The number of nitrogens with one attached hydrogen (secondary N) is 1. The molecule has 0 spiro atoms. The number of aliphatic hydroxyl groups excluding tert-OH is 1. The fourth-order valence-corrected chi connectivity index (χ4v) is 2.48. The first kappa shape index (κ1) is 10.9. The summed E-state index contributed by atoms with van der Waals surface area (Å²) in [6.45, 7) is 1.08. The number of benzene rings is 1. The van der Waals surface area contributed by atoms with Gasteiger partial charge in [-0.2, -0.15) is 0 Å². The van der Waals surface area contributed by atoms with Gasteiger partial charge in [-0.3, -0.25) is 0 Å². The van der Waals surface area contributed by atoms with Gasteiger partial charge in [0.05, 0.1) is 6.10 Å². The first-order valence-electron chi connectivity index (χ1n) is 6.13. The molecule has 1 heterocycles. The summed E-state index contributed by atoms with van der Waals surface area (Å²) in [4.78, 5) is 0. The van der Waals surface area contributed by atoms with Crippen LogP contribution in [0.1, 0.15) is 24.8 Å². The van der Waals surface area contributed by atoms with Crippen LogP contribution in [-0.4, -0.2) is 24.0 Å². The van der Waals surface area contributed by atoms with E-state index < -0.39 is 0 Å². The van der Waals surface area contributed by atoms with Crippen molar-refractivity contribution in [3.63, 3.8) is 0 Å². The second kappa shape index (κ2) is 4.55. The summed E-state index contributed by atoms with van der Waals surface area (Å²) in [6.07, 6.45) is 2.90. The molecule has 3 rings (SSSR count). The molecule has 92 valence electrons. The summed E-state index contributed by atoms with van der Waals surface area (Å²) in [5, 5.41) is 13.1. The minimum atomic E-state index is -0.191. The van der Waals surface area contributed by atoms with E-state index in [2.05, 4.69) is 5.32 Å². The van der Waals surface area contributed by atoms with E-state index in [1.165, 1.54) is 0 Å². The minimum absolute atomic E-state index is 0.191. The SMILES string of the molecule is OC1CCCC1NCc1ccc2c(c1)OCO2. The summed E-state index contributed by atoms with van der Waals surface area (Å²) >= 11 is 0. The molecule has 0 amide bonds. The Morgan fingerprint density at radius 1 is 1.24 bits per heavy atom. The zero-order valence-electron chi connectivity index (χ0n) is 9.69. The van der Waals surface area contributed by atoms with Crippen LogP contribution in [0.4, 0.5) is 0 Å². The molecule has 1 aromatic rings. The lowest BCUT2D eigenvalue weighted by Crippen LogP contribution is -2.34. The number of fused-ring (bicyclic) bond motifs is 1. The third kappa shape index (κ3) is 2.23. The van der Waals surface area contributed by atoms with Crippen LogP contribution in [0, 0.1) is 0 Å². The highest BCUT2D eigenvalue weighted by atomic mass is 16.7. The fraction of sp³-hybridized carbons (Fsp3) is 0.538. The second-order valence-corrected chi connectivity index (χ2v) is 4.67. The Balaban J connectivity index is 1.61. The standard InChI is InChI=1S/C13H17NO3/c15-11-3-1-2-10(11)14-7-9-4-5-12-13(6-9)17-8-16-12/h4-6,10-11,14-15H,1-3,7-8H2. The Morgan fingerprint density at radius 3 is 2.94 bits per heavy atom. The summed E-state index contributed by atoms with van der Waals surface area (Å²) < 4.78 is 10.6. The zero-order chi connectivity index (χ0) is 11.7. The van der Waals surface area contributed by atoms with Gasteiger partial charge in [0.25, 0.3) is 0 Å². The van der Waals surface area contributed by atoms with Crippen molar-refractivity contribution in [2.24, 2.45) is 0 Å². The lowest BCUT2D eigenvalue weighted by Gasteiger charge is -2.16. The van der Waals surface area contributed by atoms with Crippen LogP contribution in [-0.2, 0) is 6.54 Å². The Kier molecular flexibility index (Phi) is 2.91. The van der Waals surface area contributed by atoms with Crippen molar-refractivity contribution in [3.8, 4) is 11.5 Å². The van der Waals surface area contributed by atoms with Crippen LogP contribution in [0.5, 0.6) is 11.5 Å². The van der Waals surface area contributed by atoms with Gasteiger partial charge in [-0.1, -0.05) is 6.07 Å². The second-order valence-electron chi connectivity index (χ2n) is 4.67. The van der Waals surface area contributed by atoms with Gasteiger partial charge in [0.2, 0.25) is 6.79 Å². The molecule has 2 aliphatic rings. The van der Waals surface area contributed by atoms with Crippen molar-refractivity contribution in [2.75, 3.05) is 6.79 Å². The van der Waals surface area contributed by atoms with E-state index in [4.69, 9.17) is 9.47 Å². The maximum absolute atomic E-state index is 9.71. The van der Waals surface area contributed by atoms with Gasteiger partial charge in [0.1, 0.15) is 0 Å². The van der Waals surface area contributed by atoms with E-state index in [-0.39, 0.29) is 12.1 Å². The van der Waals surface area contributed by atoms with E-state index in [9.17, 15) is 5.11 Å². The Hall–Kier alpha value is -1.26. The van der Waals surface area contributed by atoms with Crippen molar-refractivity contribution in [1.82, 2.24) is 5.32 Å². The van der Waals surface area contributed by atoms with Crippen molar-refractivity contribution in [2.45, 2.75) is 38.0 Å². The van der Waals surface area contributed by atoms with Crippen LogP contribution in [0.3, 0.4) is 0 Å². The quantitative estimate of drug-likeness (QED) is 0.832. The van der Waals surface area contributed by atoms with Gasteiger partial charge >= 0.3 is 0 Å². The molecule has 4 heteroatoms. The summed E-state index contributed by atoms with van der Waals surface area (Å²) in [5.41, 5.74) is 1.16.